The third-order valence-electron chi connectivity index (χ3n) is 7.89. The van der Waals surface area contributed by atoms with Gasteiger partial charge in [-0.3, -0.25) is 4.90 Å². The number of hydrogen-bond acceptors (Lipinski definition) is 6. The predicted octanol–water partition coefficient (Wildman–Crippen LogP) is 1.95. The van der Waals surface area contributed by atoms with Gasteiger partial charge in [0.1, 0.15) is 5.75 Å². The number of aliphatic hydroxyl groups excluding tert-OH is 1. The van der Waals surface area contributed by atoms with Crippen molar-refractivity contribution < 1.29 is 24.1 Å². The number of piperidine rings is 1. The summed E-state index contributed by atoms with van der Waals surface area (Å²) in [5.74, 6) is 0.346. The van der Waals surface area contributed by atoms with E-state index in [1.807, 2.05) is 12.1 Å². The summed E-state index contributed by atoms with van der Waals surface area (Å²) in [5.41, 5.74) is 1.82. The molecule has 0 unspecified atom stereocenters. The zero-order valence-electron chi connectivity index (χ0n) is 17.0. The lowest BCUT2D eigenvalue weighted by Gasteiger charge is -2.55. The van der Waals surface area contributed by atoms with Crippen molar-refractivity contribution in [2.24, 2.45) is 5.41 Å². The van der Waals surface area contributed by atoms with Crippen LogP contribution in [0.3, 0.4) is 0 Å². The number of fused-ring (bicyclic) bond motifs is 5. The number of carbonyl (C=O) groups excluding carboxylic acids is 1. The minimum Gasteiger partial charge on any atom is -0.497 e. The van der Waals surface area contributed by atoms with Crippen molar-refractivity contribution in [3.63, 3.8) is 0 Å². The summed E-state index contributed by atoms with van der Waals surface area (Å²) in [5, 5.41) is 12.1. The topological polar surface area (TPSA) is 73.2 Å². The molecule has 2 fully saturated rings. The van der Waals surface area contributed by atoms with Crippen LogP contribution in [0.25, 0.3) is 10.9 Å². The SMILES string of the molecule is CC[C@]12C[C@@]3(C(=O)OC)O[C@H]1[C@@H](O)CN1CCc4c(n3c3cc(OC)ccc43)[C@H]12. The average Bonchev–Trinajstić information content (AvgIpc) is 3.25. The average molecular weight is 398 g/mol. The van der Waals surface area contributed by atoms with Crippen LogP contribution in [0.5, 0.6) is 5.75 Å². The maximum atomic E-state index is 13.3. The Hall–Kier alpha value is -2.09. The van der Waals surface area contributed by atoms with E-state index in [9.17, 15) is 9.90 Å². The van der Waals surface area contributed by atoms with E-state index in [1.54, 1.807) is 7.11 Å². The van der Waals surface area contributed by atoms with Gasteiger partial charge in [-0.1, -0.05) is 6.92 Å². The number of aliphatic hydroxyl groups is 1. The van der Waals surface area contributed by atoms with Gasteiger partial charge in [-0.05, 0) is 30.5 Å². The normalized spacial score (nSPS) is 37.0. The van der Waals surface area contributed by atoms with Crippen LogP contribution in [-0.2, 0) is 26.4 Å². The molecule has 4 aliphatic heterocycles. The second-order valence-corrected chi connectivity index (χ2v) is 8.88. The van der Waals surface area contributed by atoms with Gasteiger partial charge in [0.2, 0.25) is 5.72 Å². The number of ether oxygens (including phenoxy) is 3. The van der Waals surface area contributed by atoms with E-state index in [2.05, 4.69) is 22.5 Å². The van der Waals surface area contributed by atoms with E-state index in [0.29, 0.717) is 13.0 Å². The van der Waals surface area contributed by atoms with Gasteiger partial charge in [-0.2, -0.15) is 0 Å². The Morgan fingerprint density at radius 3 is 2.93 bits per heavy atom. The minimum atomic E-state index is -1.25. The van der Waals surface area contributed by atoms with E-state index < -0.39 is 17.8 Å². The number of carbonyl (C=O) groups is 1. The van der Waals surface area contributed by atoms with Crippen LogP contribution in [0, 0.1) is 5.41 Å². The fraction of sp³-hybridized carbons (Fsp3) is 0.591. The van der Waals surface area contributed by atoms with Gasteiger partial charge in [0.15, 0.2) is 0 Å². The Kier molecular flexibility index (Phi) is 3.38. The van der Waals surface area contributed by atoms with Crippen LogP contribution < -0.4 is 4.74 Å². The number of esters is 1. The van der Waals surface area contributed by atoms with Crippen molar-refractivity contribution >= 4 is 16.9 Å². The molecular formula is C22H26N2O5. The molecule has 0 radical (unpaired) electrons. The van der Waals surface area contributed by atoms with Crippen LogP contribution in [0.4, 0.5) is 0 Å². The van der Waals surface area contributed by atoms with Gasteiger partial charge in [0.05, 0.1) is 38.0 Å². The number of nitrogens with zero attached hydrogens (tertiary/aromatic N) is 2. The summed E-state index contributed by atoms with van der Waals surface area (Å²) in [6.45, 7) is 3.62. The van der Waals surface area contributed by atoms with Crippen molar-refractivity contribution in [1.82, 2.24) is 9.47 Å². The molecule has 29 heavy (non-hydrogen) atoms. The van der Waals surface area contributed by atoms with E-state index in [4.69, 9.17) is 14.2 Å². The summed E-state index contributed by atoms with van der Waals surface area (Å²) in [7, 11) is 3.06. The largest absolute Gasteiger partial charge is 0.497 e. The van der Waals surface area contributed by atoms with Gasteiger partial charge >= 0.3 is 5.97 Å². The minimum absolute atomic E-state index is 0.128. The van der Waals surface area contributed by atoms with Crippen LogP contribution in [0.15, 0.2) is 18.2 Å². The maximum Gasteiger partial charge on any atom is 0.360 e. The van der Waals surface area contributed by atoms with Crippen LogP contribution >= 0.6 is 0 Å². The molecule has 154 valence electrons. The fourth-order valence-electron chi connectivity index (χ4n) is 6.80. The second kappa shape index (κ2) is 5.53. The highest BCUT2D eigenvalue weighted by molar-refractivity contribution is 5.91. The quantitative estimate of drug-likeness (QED) is 0.797. The van der Waals surface area contributed by atoms with Crippen molar-refractivity contribution in [1.29, 1.82) is 0 Å². The molecule has 4 aliphatic rings. The molecule has 2 saturated heterocycles. The number of rotatable bonds is 3. The van der Waals surface area contributed by atoms with Crippen molar-refractivity contribution in [3.05, 3.63) is 29.5 Å². The fourth-order valence-corrected chi connectivity index (χ4v) is 6.80. The Morgan fingerprint density at radius 1 is 1.38 bits per heavy atom. The Bertz CT molecular complexity index is 1050. The molecule has 6 rings (SSSR count). The van der Waals surface area contributed by atoms with Gasteiger partial charge in [-0.25, -0.2) is 4.79 Å². The molecule has 5 atom stereocenters. The summed E-state index contributed by atoms with van der Waals surface area (Å²) < 4.78 is 19.4. The van der Waals surface area contributed by atoms with Crippen molar-refractivity contribution in [2.45, 2.75) is 50.2 Å². The summed E-state index contributed by atoms with van der Waals surface area (Å²) in [6, 6.07) is 6.19. The summed E-state index contributed by atoms with van der Waals surface area (Å²) in [6.07, 6.45) is 1.22. The smallest absolute Gasteiger partial charge is 0.360 e. The summed E-state index contributed by atoms with van der Waals surface area (Å²) >= 11 is 0. The molecule has 2 bridgehead atoms. The van der Waals surface area contributed by atoms with Gasteiger partial charge < -0.3 is 23.9 Å². The van der Waals surface area contributed by atoms with Gasteiger partial charge in [-0.15, -0.1) is 0 Å². The van der Waals surface area contributed by atoms with Crippen molar-refractivity contribution in [3.8, 4) is 5.75 Å². The highest BCUT2D eigenvalue weighted by atomic mass is 16.6. The third-order valence-corrected chi connectivity index (χ3v) is 7.89. The van der Waals surface area contributed by atoms with Crippen LogP contribution in [0.2, 0.25) is 0 Å². The first-order chi connectivity index (χ1) is 14.0. The highest BCUT2D eigenvalue weighted by Gasteiger charge is 2.72. The predicted molar refractivity (Wildman–Crippen MR) is 105 cm³/mol. The molecule has 0 aliphatic carbocycles. The lowest BCUT2D eigenvalue weighted by Crippen LogP contribution is -2.61. The standard InChI is InChI=1S/C22H26N2O5/c1-4-21-11-22(20(26)28-3)24-15-9-12(27-2)5-6-13(15)14-7-8-23(18(21)17(14)24)10-16(25)19(21)29-22/h5-6,9,16,18-19,25H,4,7-8,10-11H2,1-3H3/t16-,18-,19-,21+,22-/m0/s1. The van der Waals surface area contributed by atoms with Crippen LogP contribution in [-0.4, -0.2) is 60.1 Å². The monoisotopic (exact) mass is 398 g/mol. The van der Waals surface area contributed by atoms with Gasteiger partial charge in [0.25, 0.3) is 0 Å². The van der Waals surface area contributed by atoms with E-state index in [-0.39, 0.29) is 17.6 Å². The number of hydrogen-bond donors (Lipinski definition) is 1. The Morgan fingerprint density at radius 2 is 2.21 bits per heavy atom. The van der Waals surface area contributed by atoms with Crippen LogP contribution in [0.1, 0.15) is 37.1 Å². The molecule has 7 nitrogen and oxygen atoms in total. The number of benzene rings is 1. The molecule has 7 heteroatoms. The van der Waals surface area contributed by atoms with Crippen molar-refractivity contribution in [2.75, 3.05) is 27.3 Å². The first-order valence-electron chi connectivity index (χ1n) is 10.4. The highest BCUT2D eigenvalue weighted by Crippen LogP contribution is 2.67. The molecule has 0 saturated carbocycles. The zero-order chi connectivity index (χ0) is 20.1. The molecular weight excluding hydrogens is 372 g/mol. The van der Waals surface area contributed by atoms with E-state index in [0.717, 1.165) is 41.7 Å². The Balaban J connectivity index is 1.75. The Labute approximate surface area is 169 Å². The lowest BCUT2D eigenvalue weighted by molar-refractivity contribution is -0.191. The molecule has 2 aromatic rings. The molecule has 0 amide bonds. The van der Waals surface area contributed by atoms with E-state index in [1.165, 1.54) is 12.7 Å². The number of methoxy groups -OCH3 is 2. The molecule has 1 aromatic carbocycles. The molecule has 1 N–H and O–H groups in total. The molecule has 5 heterocycles. The second-order valence-electron chi connectivity index (χ2n) is 8.88. The maximum absolute atomic E-state index is 13.3. The zero-order valence-corrected chi connectivity index (χ0v) is 17.0. The first-order valence-corrected chi connectivity index (χ1v) is 10.4. The first kappa shape index (κ1) is 17.7. The summed E-state index contributed by atoms with van der Waals surface area (Å²) in [4.78, 5) is 15.7. The molecule has 1 aromatic heterocycles. The number of aromatic nitrogens is 1. The third kappa shape index (κ3) is 1.83. The molecule has 0 spiro atoms. The van der Waals surface area contributed by atoms with Gasteiger partial charge in [0, 0.05) is 42.1 Å². The van der Waals surface area contributed by atoms with E-state index >= 15 is 0 Å². The lowest BCUT2D eigenvalue weighted by atomic mass is 9.62.